The van der Waals surface area contributed by atoms with Crippen LogP contribution < -0.4 is 5.32 Å². The molecule has 0 heterocycles. The lowest BCUT2D eigenvalue weighted by Gasteiger charge is -1.95. The lowest BCUT2D eigenvalue weighted by atomic mass is 10.3. The maximum absolute atomic E-state index is 3.78. The molecule has 0 aliphatic heterocycles. The Bertz CT molecular complexity index is 192. The SMILES string of the molecule is C=C(/C=C\C(Br)=C/CCC)NC. The average Bonchev–Trinajstić information content (AvgIpc) is 2.10. The third kappa shape index (κ3) is 6.23. The highest BCUT2D eigenvalue weighted by molar-refractivity contribution is 9.11. The summed E-state index contributed by atoms with van der Waals surface area (Å²) in [4.78, 5) is 0. The lowest BCUT2D eigenvalue weighted by Crippen LogP contribution is -2.00. The molecule has 0 radical (unpaired) electrons. The van der Waals surface area contributed by atoms with Crippen molar-refractivity contribution in [3.63, 3.8) is 0 Å². The van der Waals surface area contributed by atoms with Gasteiger partial charge in [0.2, 0.25) is 0 Å². The standard InChI is InChI=1S/C10H16BrN/c1-4-5-6-10(11)8-7-9(2)12-3/h6-8,12H,2,4-5H2,1,3H3/b8-7-,10-6+. The molecular formula is C10H16BrN. The van der Waals surface area contributed by atoms with E-state index in [2.05, 4.69) is 40.8 Å². The zero-order chi connectivity index (χ0) is 9.40. The van der Waals surface area contributed by atoms with Crippen LogP contribution in [0.2, 0.25) is 0 Å². The fourth-order valence-electron chi connectivity index (χ4n) is 0.614. The van der Waals surface area contributed by atoms with Gasteiger partial charge in [0, 0.05) is 17.2 Å². The summed E-state index contributed by atoms with van der Waals surface area (Å²) in [5, 5.41) is 2.95. The topological polar surface area (TPSA) is 12.0 Å². The Balaban J connectivity index is 3.89. The summed E-state index contributed by atoms with van der Waals surface area (Å²) in [5.74, 6) is 0. The molecular weight excluding hydrogens is 214 g/mol. The van der Waals surface area contributed by atoms with E-state index < -0.39 is 0 Å². The number of unbranched alkanes of at least 4 members (excludes halogenated alkanes) is 1. The summed E-state index contributed by atoms with van der Waals surface area (Å²) in [6.45, 7) is 5.94. The van der Waals surface area contributed by atoms with E-state index in [9.17, 15) is 0 Å². The highest BCUT2D eigenvalue weighted by atomic mass is 79.9. The molecule has 0 saturated heterocycles. The van der Waals surface area contributed by atoms with E-state index in [1.807, 2.05) is 19.2 Å². The molecule has 0 spiro atoms. The largest absolute Gasteiger partial charge is 0.389 e. The van der Waals surface area contributed by atoms with E-state index in [0.717, 1.165) is 16.6 Å². The smallest absolute Gasteiger partial charge is 0.0264 e. The third-order valence-corrected chi connectivity index (χ3v) is 1.98. The van der Waals surface area contributed by atoms with E-state index in [1.54, 1.807) is 0 Å². The first-order valence-electron chi connectivity index (χ1n) is 4.11. The van der Waals surface area contributed by atoms with Crippen molar-refractivity contribution in [3.05, 3.63) is 35.0 Å². The van der Waals surface area contributed by atoms with Crippen LogP contribution in [0.15, 0.2) is 35.0 Å². The quantitative estimate of drug-likeness (QED) is 0.714. The van der Waals surface area contributed by atoms with Crippen LogP contribution >= 0.6 is 15.9 Å². The molecule has 0 bridgehead atoms. The monoisotopic (exact) mass is 229 g/mol. The van der Waals surface area contributed by atoms with Gasteiger partial charge in [-0.2, -0.15) is 0 Å². The fraction of sp³-hybridized carbons (Fsp3) is 0.400. The molecule has 0 saturated carbocycles. The number of rotatable bonds is 5. The average molecular weight is 230 g/mol. The Morgan fingerprint density at radius 1 is 1.50 bits per heavy atom. The molecule has 1 nitrogen and oxygen atoms in total. The van der Waals surface area contributed by atoms with Gasteiger partial charge in [0.05, 0.1) is 0 Å². The van der Waals surface area contributed by atoms with Crippen LogP contribution in [0, 0.1) is 0 Å². The van der Waals surface area contributed by atoms with Gasteiger partial charge in [-0.15, -0.1) is 0 Å². The van der Waals surface area contributed by atoms with Crippen LogP contribution in [0.5, 0.6) is 0 Å². The molecule has 0 rings (SSSR count). The second kappa shape index (κ2) is 7.17. The Morgan fingerprint density at radius 2 is 2.17 bits per heavy atom. The molecule has 0 aromatic heterocycles. The van der Waals surface area contributed by atoms with Crippen molar-refractivity contribution in [1.29, 1.82) is 0 Å². The number of likely N-dealkylation sites (N-methyl/N-ethyl adjacent to an activating group) is 1. The summed E-state index contributed by atoms with van der Waals surface area (Å²) in [5.41, 5.74) is 0.914. The van der Waals surface area contributed by atoms with Crippen LogP contribution in [-0.4, -0.2) is 7.05 Å². The highest BCUT2D eigenvalue weighted by Gasteiger charge is 1.84. The second-order valence-corrected chi connectivity index (χ2v) is 3.40. The molecule has 0 unspecified atom stereocenters. The highest BCUT2D eigenvalue weighted by Crippen LogP contribution is 2.09. The molecule has 0 aliphatic rings. The Hall–Kier alpha value is -0.500. The minimum Gasteiger partial charge on any atom is -0.389 e. The van der Waals surface area contributed by atoms with Crippen molar-refractivity contribution in [1.82, 2.24) is 5.32 Å². The summed E-state index contributed by atoms with van der Waals surface area (Å²) < 4.78 is 1.11. The molecule has 0 fully saturated rings. The maximum Gasteiger partial charge on any atom is 0.0264 e. The van der Waals surface area contributed by atoms with E-state index in [1.165, 1.54) is 6.42 Å². The van der Waals surface area contributed by atoms with Gasteiger partial charge < -0.3 is 5.32 Å². The molecule has 0 aromatic carbocycles. The molecule has 68 valence electrons. The van der Waals surface area contributed by atoms with Crippen LogP contribution in [0.1, 0.15) is 19.8 Å². The van der Waals surface area contributed by atoms with Crippen molar-refractivity contribution in [2.24, 2.45) is 0 Å². The van der Waals surface area contributed by atoms with Gasteiger partial charge in [0.25, 0.3) is 0 Å². The molecule has 0 aliphatic carbocycles. The van der Waals surface area contributed by atoms with Gasteiger partial charge in [0.15, 0.2) is 0 Å². The van der Waals surface area contributed by atoms with Crippen molar-refractivity contribution in [2.45, 2.75) is 19.8 Å². The summed E-state index contributed by atoms with van der Waals surface area (Å²) in [7, 11) is 1.86. The van der Waals surface area contributed by atoms with E-state index in [0.29, 0.717) is 0 Å². The first kappa shape index (κ1) is 11.5. The summed E-state index contributed by atoms with van der Waals surface area (Å²) in [6, 6.07) is 0. The zero-order valence-corrected chi connectivity index (χ0v) is 9.32. The molecule has 2 heteroatoms. The van der Waals surface area contributed by atoms with Crippen molar-refractivity contribution in [3.8, 4) is 0 Å². The van der Waals surface area contributed by atoms with Gasteiger partial charge >= 0.3 is 0 Å². The molecule has 0 aromatic rings. The summed E-state index contributed by atoms with van der Waals surface area (Å²) in [6.07, 6.45) is 8.37. The predicted molar refractivity (Wildman–Crippen MR) is 59.3 cm³/mol. The van der Waals surface area contributed by atoms with Crippen LogP contribution in [0.25, 0.3) is 0 Å². The predicted octanol–water partition coefficient (Wildman–Crippen LogP) is 3.35. The normalized spacial score (nSPS) is 12.1. The minimum atomic E-state index is 0.914. The van der Waals surface area contributed by atoms with Crippen molar-refractivity contribution in [2.75, 3.05) is 7.05 Å². The fourth-order valence-corrected chi connectivity index (χ4v) is 0.975. The summed E-state index contributed by atoms with van der Waals surface area (Å²) >= 11 is 3.44. The van der Waals surface area contributed by atoms with Gasteiger partial charge in [-0.05, 0) is 18.6 Å². The number of nitrogens with one attached hydrogen (secondary N) is 1. The van der Waals surface area contributed by atoms with E-state index in [-0.39, 0.29) is 0 Å². The van der Waals surface area contributed by atoms with Gasteiger partial charge in [-0.25, -0.2) is 0 Å². The van der Waals surface area contributed by atoms with Crippen molar-refractivity contribution < 1.29 is 0 Å². The first-order valence-corrected chi connectivity index (χ1v) is 4.90. The van der Waals surface area contributed by atoms with Gasteiger partial charge in [-0.1, -0.05) is 41.9 Å². The number of hydrogen-bond donors (Lipinski definition) is 1. The minimum absolute atomic E-state index is 0.914. The van der Waals surface area contributed by atoms with Gasteiger partial charge in [-0.3, -0.25) is 0 Å². The number of halogens is 1. The second-order valence-electron chi connectivity index (χ2n) is 2.49. The first-order chi connectivity index (χ1) is 5.70. The van der Waals surface area contributed by atoms with E-state index in [4.69, 9.17) is 0 Å². The lowest BCUT2D eigenvalue weighted by molar-refractivity contribution is 0.958. The number of allylic oxidation sites excluding steroid dienone is 4. The Kier molecular flexibility index (Phi) is 6.87. The van der Waals surface area contributed by atoms with Gasteiger partial charge in [0.1, 0.15) is 0 Å². The van der Waals surface area contributed by atoms with E-state index >= 15 is 0 Å². The molecule has 12 heavy (non-hydrogen) atoms. The zero-order valence-electron chi connectivity index (χ0n) is 7.73. The van der Waals surface area contributed by atoms with Crippen LogP contribution in [0.3, 0.4) is 0 Å². The Labute approximate surface area is 83.4 Å². The molecule has 1 N–H and O–H groups in total. The molecule has 0 atom stereocenters. The maximum atomic E-state index is 3.78. The van der Waals surface area contributed by atoms with Crippen molar-refractivity contribution >= 4 is 15.9 Å². The van der Waals surface area contributed by atoms with Crippen LogP contribution in [-0.2, 0) is 0 Å². The third-order valence-electron chi connectivity index (χ3n) is 1.39. The molecule has 0 amide bonds. The number of hydrogen-bond acceptors (Lipinski definition) is 1. The van der Waals surface area contributed by atoms with Crippen LogP contribution in [0.4, 0.5) is 0 Å². The Morgan fingerprint density at radius 3 is 2.67 bits per heavy atom.